The van der Waals surface area contributed by atoms with E-state index in [4.69, 9.17) is 9.26 Å². The van der Waals surface area contributed by atoms with Crippen LogP contribution in [0.25, 0.3) is 11.5 Å². The molecule has 6 heteroatoms. The van der Waals surface area contributed by atoms with Crippen molar-refractivity contribution in [3.63, 3.8) is 0 Å². The number of alkyl halides is 1. The third-order valence-electron chi connectivity index (χ3n) is 5.59. The fourth-order valence-electron chi connectivity index (χ4n) is 3.93. The summed E-state index contributed by atoms with van der Waals surface area (Å²) >= 11 is 2.64. The number of ether oxygens (including phenoxy) is 1. The van der Waals surface area contributed by atoms with Crippen LogP contribution in [-0.2, 0) is 10.2 Å². The van der Waals surface area contributed by atoms with E-state index in [1.807, 2.05) is 6.07 Å². The summed E-state index contributed by atoms with van der Waals surface area (Å²) in [6, 6.07) is 7.13. The van der Waals surface area contributed by atoms with E-state index >= 15 is 0 Å². The minimum atomic E-state index is -0.367. The van der Waals surface area contributed by atoms with Gasteiger partial charge in [0.05, 0.1) is 12.7 Å². The first kappa shape index (κ1) is 16.1. The van der Waals surface area contributed by atoms with E-state index in [-0.39, 0.29) is 11.4 Å². The van der Waals surface area contributed by atoms with Gasteiger partial charge in [0.1, 0.15) is 0 Å². The van der Waals surface area contributed by atoms with Crippen LogP contribution in [0, 0.1) is 0 Å². The molecule has 3 aliphatic rings. The van der Waals surface area contributed by atoms with Gasteiger partial charge in [-0.1, -0.05) is 33.8 Å². The Balaban J connectivity index is 1.63. The highest BCUT2D eigenvalue weighted by Gasteiger charge is 2.50. The maximum Gasteiger partial charge on any atom is 0.337 e. The Kier molecular flexibility index (Phi) is 3.89. The number of halogens is 1. The number of esters is 1. The fourth-order valence-corrected chi connectivity index (χ4v) is 4.74. The summed E-state index contributed by atoms with van der Waals surface area (Å²) in [4.78, 5) is 16.4. The highest BCUT2D eigenvalue weighted by Crippen LogP contribution is 2.56. The van der Waals surface area contributed by atoms with Gasteiger partial charge in [-0.3, -0.25) is 0 Å². The number of carbonyl (C=O) groups excluding carboxylic acids is 1. The first-order chi connectivity index (χ1) is 11.5. The van der Waals surface area contributed by atoms with E-state index in [0.717, 1.165) is 30.7 Å². The lowest BCUT2D eigenvalue weighted by molar-refractivity contribution is 0.0601. The van der Waals surface area contributed by atoms with Gasteiger partial charge in [-0.25, -0.2) is 4.79 Å². The maximum absolute atomic E-state index is 11.7. The van der Waals surface area contributed by atoms with Crippen LogP contribution >= 0.6 is 22.6 Å². The molecule has 126 valence electrons. The second-order valence-corrected chi connectivity index (χ2v) is 9.22. The van der Waals surface area contributed by atoms with E-state index in [0.29, 0.717) is 14.9 Å². The molecule has 5 rings (SSSR count). The molecule has 1 aromatic heterocycles. The van der Waals surface area contributed by atoms with Crippen LogP contribution in [0.5, 0.6) is 0 Å². The van der Waals surface area contributed by atoms with E-state index in [1.165, 1.54) is 26.4 Å². The van der Waals surface area contributed by atoms with Crippen molar-refractivity contribution < 1.29 is 14.1 Å². The maximum atomic E-state index is 11.7. The van der Waals surface area contributed by atoms with Crippen LogP contribution in [0.3, 0.4) is 0 Å². The van der Waals surface area contributed by atoms with Crippen LogP contribution < -0.4 is 0 Å². The Morgan fingerprint density at radius 2 is 1.92 bits per heavy atom. The van der Waals surface area contributed by atoms with Crippen molar-refractivity contribution in [3.05, 3.63) is 35.7 Å². The van der Waals surface area contributed by atoms with Gasteiger partial charge in [-0.2, -0.15) is 4.98 Å². The summed E-state index contributed by atoms with van der Waals surface area (Å²) in [5.41, 5.74) is 1.31. The number of rotatable bonds is 3. The summed E-state index contributed by atoms with van der Waals surface area (Å²) in [6.07, 6.45) is 7.10. The standard InChI is InChI=1S/C18H19IN2O3/c1-23-15(22)13-4-2-3-12(11-13)14-20-16(21-24-14)17-5-8-18(19,9-6-17)10-7-17/h2-4,11H,5-10H2,1H3. The molecule has 0 N–H and O–H groups in total. The van der Waals surface area contributed by atoms with Gasteiger partial charge in [0.15, 0.2) is 5.82 Å². The van der Waals surface area contributed by atoms with E-state index in [9.17, 15) is 4.79 Å². The van der Waals surface area contributed by atoms with Gasteiger partial charge < -0.3 is 9.26 Å². The zero-order valence-corrected chi connectivity index (χ0v) is 15.7. The van der Waals surface area contributed by atoms with Crippen LogP contribution in [0.1, 0.15) is 54.7 Å². The van der Waals surface area contributed by atoms with E-state index < -0.39 is 0 Å². The molecule has 2 aromatic rings. The fraction of sp³-hybridized carbons (Fsp3) is 0.500. The smallest absolute Gasteiger partial charge is 0.337 e. The molecule has 3 fully saturated rings. The molecule has 0 aliphatic heterocycles. The van der Waals surface area contributed by atoms with Gasteiger partial charge in [0, 0.05) is 14.4 Å². The van der Waals surface area contributed by atoms with Gasteiger partial charge in [-0.15, -0.1) is 0 Å². The molecular weight excluding hydrogens is 419 g/mol. The second kappa shape index (κ2) is 5.82. The highest BCUT2D eigenvalue weighted by atomic mass is 127. The molecule has 0 radical (unpaired) electrons. The minimum Gasteiger partial charge on any atom is -0.465 e. The Hall–Kier alpha value is -1.44. The second-order valence-electron chi connectivity index (χ2n) is 6.93. The number of nitrogens with zero attached hydrogens (tertiary/aromatic N) is 2. The molecule has 0 unspecified atom stereocenters. The average molecular weight is 438 g/mol. The number of fused-ring (bicyclic) bond motifs is 3. The Labute approximate surface area is 154 Å². The lowest BCUT2D eigenvalue weighted by atomic mass is 9.60. The first-order valence-electron chi connectivity index (χ1n) is 8.26. The van der Waals surface area contributed by atoms with Gasteiger partial charge in [-0.05, 0) is 56.7 Å². The molecule has 24 heavy (non-hydrogen) atoms. The lowest BCUT2D eigenvalue weighted by Gasteiger charge is -2.49. The molecule has 1 aromatic carbocycles. The quantitative estimate of drug-likeness (QED) is 0.406. The number of hydrogen-bond donors (Lipinski definition) is 0. The number of aromatic nitrogens is 2. The normalized spacial score (nSPS) is 28.8. The molecule has 5 nitrogen and oxygen atoms in total. The van der Waals surface area contributed by atoms with Crippen molar-refractivity contribution in [1.82, 2.24) is 10.1 Å². The van der Waals surface area contributed by atoms with Gasteiger partial charge in [0.25, 0.3) is 5.89 Å². The van der Waals surface area contributed by atoms with Crippen molar-refractivity contribution in [3.8, 4) is 11.5 Å². The third-order valence-corrected chi connectivity index (χ3v) is 7.20. The first-order valence-corrected chi connectivity index (χ1v) is 9.33. The zero-order chi connectivity index (χ0) is 16.8. The molecule has 0 amide bonds. The SMILES string of the molecule is COC(=O)c1cccc(-c2nc(C34CCC(I)(CC3)CC4)no2)c1. The van der Waals surface area contributed by atoms with Crippen LogP contribution in [0.4, 0.5) is 0 Å². The number of benzene rings is 1. The summed E-state index contributed by atoms with van der Waals surface area (Å²) in [6.45, 7) is 0. The highest BCUT2D eigenvalue weighted by molar-refractivity contribution is 14.1. The van der Waals surface area contributed by atoms with Crippen LogP contribution in [0.15, 0.2) is 28.8 Å². The van der Waals surface area contributed by atoms with Crippen molar-refractivity contribution in [2.75, 3.05) is 7.11 Å². The van der Waals surface area contributed by atoms with Gasteiger partial charge >= 0.3 is 5.97 Å². The Morgan fingerprint density at radius 1 is 1.21 bits per heavy atom. The van der Waals surface area contributed by atoms with Crippen LogP contribution in [-0.4, -0.2) is 26.6 Å². The van der Waals surface area contributed by atoms with Crippen LogP contribution in [0.2, 0.25) is 0 Å². The van der Waals surface area contributed by atoms with Crippen molar-refractivity contribution in [2.45, 2.75) is 47.4 Å². The van der Waals surface area contributed by atoms with E-state index in [2.05, 4.69) is 32.7 Å². The summed E-state index contributed by atoms with van der Waals surface area (Å²) < 4.78 is 10.8. The van der Waals surface area contributed by atoms with Crippen molar-refractivity contribution >= 4 is 28.6 Å². The molecule has 0 atom stereocenters. The predicted octanol–water partition coefficient (Wildman–Crippen LogP) is 4.30. The van der Waals surface area contributed by atoms with Gasteiger partial charge in [0.2, 0.25) is 0 Å². The largest absolute Gasteiger partial charge is 0.465 e. The number of carbonyl (C=O) groups is 1. The molecule has 3 saturated carbocycles. The summed E-state index contributed by atoms with van der Waals surface area (Å²) in [5, 5.41) is 4.30. The monoisotopic (exact) mass is 438 g/mol. The summed E-state index contributed by atoms with van der Waals surface area (Å²) in [5.74, 6) is 0.939. The van der Waals surface area contributed by atoms with Crippen molar-refractivity contribution in [1.29, 1.82) is 0 Å². The average Bonchev–Trinajstić information content (AvgIpc) is 3.13. The predicted molar refractivity (Wildman–Crippen MR) is 97.2 cm³/mol. The molecule has 1 heterocycles. The number of methoxy groups -OCH3 is 1. The Bertz CT molecular complexity index is 762. The molecule has 2 bridgehead atoms. The Morgan fingerprint density at radius 3 is 2.58 bits per heavy atom. The zero-order valence-electron chi connectivity index (χ0n) is 13.5. The van der Waals surface area contributed by atoms with Crippen molar-refractivity contribution in [2.24, 2.45) is 0 Å². The van der Waals surface area contributed by atoms with E-state index in [1.54, 1.807) is 18.2 Å². The molecule has 0 spiro atoms. The molecular formula is C18H19IN2O3. The lowest BCUT2D eigenvalue weighted by Crippen LogP contribution is -2.45. The molecule has 3 aliphatic carbocycles. The molecule has 0 saturated heterocycles. The third kappa shape index (κ3) is 2.64. The topological polar surface area (TPSA) is 65.2 Å². The number of hydrogen-bond acceptors (Lipinski definition) is 5. The summed E-state index contributed by atoms with van der Waals surface area (Å²) in [7, 11) is 1.37. The minimum absolute atomic E-state index is 0.0780.